The zero-order valence-electron chi connectivity index (χ0n) is 16.1. The third-order valence-corrected chi connectivity index (χ3v) is 5.18. The van der Waals surface area contributed by atoms with E-state index in [0.717, 1.165) is 25.0 Å². The number of benzene rings is 2. The molecule has 142 valence electrons. The smallest absolute Gasteiger partial charge is 0.223 e. The summed E-state index contributed by atoms with van der Waals surface area (Å²) in [5.74, 6) is 0.780. The van der Waals surface area contributed by atoms with Crippen LogP contribution >= 0.6 is 0 Å². The monoisotopic (exact) mass is 365 g/mol. The fourth-order valence-corrected chi connectivity index (χ4v) is 3.61. The van der Waals surface area contributed by atoms with Crippen molar-refractivity contribution in [2.24, 2.45) is 0 Å². The van der Waals surface area contributed by atoms with E-state index >= 15 is 0 Å². The Bertz CT molecular complexity index is 798. The summed E-state index contributed by atoms with van der Waals surface area (Å²) in [7, 11) is 1.85. The Labute approximate surface area is 161 Å². The van der Waals surface area contributed by atoms with Gasteiger partial charge >= 0.3 is 0 Å². The highest BCUT2D eigenvalue weighted by Gasteiger charge is 2.28. The highest BCUT2D eigenvalue weighted by Crippen LogP contribution is 2.35. The van der Waals surface area contributed by atoms with Crippen molar-refractivity contribution in [3.8, 4) is 5.75 Å². The number of amides is 1. The molecule has 0 saturated carbocycles. The lowest BCUT2D eigenvalue weighted by Gasteiger charge is -2.25. The number of fused-ring (bicyclic) bond motifs is 1. The maximum absolute atomic E-state index is 12.6. The number of hydrogen-bond acceptors (Lipinski definition) is 3. The number of Topliss-reactive ketones (excluding diaryl/α,β-unsaturated/α-hetero) is 1. The summed E-state index contributed by atoms with van der Waals surface area (Å²) < 4.78 is 5.53. The van der Waals surface area contributed by atoms with Crippen molar-refractivity contribution in [3.63, 3.8) is 0 Å². The lowest BCUT2D eigenvalue weighted by atomic mass is 10.0. The molecule has 4 nitrogen and oxygen atoms in total. The third kappa shape index (κ3) is 4.57. The third-order valence-electron chi connectivity index (χ3n) is 5.18. The van der Waals surface area contributed by atoms with Gasteiger partial charge in [0.1, 0.15) is 5.75 Å². The average Bonchev–Trinajstić information content (AvgIpc) is 3.14. The van der Waals surface area contributed by atoms with Gasteiger partial charge < -0.3 is 9.64 Å². The molecule has 1 atom stereocenters. The number of rotatable bonds is 8. The quantitative estimate of drug-likeness (QED) is 0.643. The minimum absolute atomic E-state index is 0.00869. The number of nitrogens with zero attached hydrogens (tertiary/aromatic N) is 1. The molecule has 0 spiro atoms. The van der Waals surface area contributed by atoms with Crippen molar-refractivity contribution >= 4 is 11.7 Å². The van der Waals surface area contributed by atoms with E-state index in [2.05, 4.69) is 19.1 Å². The molecule has 0 N–H and O–H groups in total. The van der Waals surface area contributed by atoms with Crippen LogP contribution in [0.15, 0.2) is 48.5 Å². The highest BCUT2D eigenvalue weighted by atomic mass is 16.5. The first-order valence-corrected chi connectivity index (χ1v) is 9.69. The molecule has 0 radical (unpaired) electrons. The zero-order valence-corrected chi connectivity index (χ0v) is 16.1. The molecule has 0 aromatic heterocycles. The summed E-state index contributed by atoms with van der Waals surface area (Å²) in [5.41, 5.74) is 3.19. The fraction of sp³-hybridized carbons (Fsp3) is 0.391. The molecule has 0 aliphatic heterocycles. The van der Waals surface area contributed by atoms with Crippen LogP contribution in [0.1, 0.15) is 60.1 Å². The molecule has 2 aromatic rings. The van der Waals surface area contributed by atoms with Gasteiger partial charge in [-0.3, -0.25) is 9.59 Å². The minimum Gasteiger partial charge on any atom is -0.494 e. The Balaban J connectivity index is 1.53. The van der Waals surface area contributed by atoms with Crippen LogP contribution in [0.2, 0.25) is 0 Å². The standard InChI is InChI=1S/C23H27NO3/c1-3-16-27-19-11-8-18(9-12-19)22(25)14-15-23(26)24(2)21-13-10-17-6-4-5-7-20(17)21/h4-9,11-12,21H,3,10,13-16H2,1-2H3. The molecular formula is C23H27NO3. The molecule has 27 heavy (non-hydrogen) atoms. The first-order valence-electron chi connectivity index (χ1n) is 9.69. The van der Waals surface area contributed by atoms with Gasteiger partial charge in [0.15, 0.2) is 5.78 Å². The van der Waals surface area contributed by atoms with Gasteiger partial charge in [0, 0.05) is 25.5 Å². The minimum atomic E-state index is -0.00869. The number of hydrogen-bond donors (Lipinski definition) is 0. The van der Waals surface area contributed by atoms with Crippen LogP contribution in [0.4, 0.5) is 0 Å². The first kappa shape index (κ1) is 19.2. The summed E-state index contributed by atoms with van der Waals surface area (Å²) in [6, 6.07) is 15.6. The Morgan fingerprint density at radius 3 is 2.56 bits per heavy atom. The predicted octanol–water partition coefficient (Wildman–Crippen LogP) is 4.58. The van der Waals surface area contributed by atoms with Crippen molar-refractivity contribution in [1.29, 1.82) is 0 Å². The largest absolute Gasteiger partial charge is 0.494 e. The number of carbonyl (C=O) groups excluding carboxylic acids is 2. The maximum atomic E-state index is 12.6. The van der Waals surface area contributed by atoms with Gasteiger partial charge in [-0.1, -0.05) is 31.2 Å². The molecule has 2 aromatic carbocycles. The van der Waals surface area contributed by atoms with Gasteiger partial charge in [-0.15, -0.1) is 0 Å². The average molecular weight is 365 g/mol. The van der Waals surface area contributed by atoms with Crippen LogP contribution in [-0.2, 0) is 11.2 Å². The highest BCUT2D eigenvalue weighted by molar-refractivity contribution is 5.98. The SMILES string of the molecule is CCCOc1ccc(C(=O)CCC(=O)N(C)C2CCc3ccccc32)cc1. The topological polar surface area (TPSA) is 46.6 Å². The molecule has 1 amide bonds. The second-order valence-electron chi connectivity index (χ2n) is 7.05. The lowest BCUT2D eigenvalue weighted by molar-refractivity contribution is -0.132. The molecule has 3 rings (SSSR count). The number of carbonyl (C=O) groups is 2. The van der Waals surface area contributed by atoms with Crippen molar-refractivity contribution < 1.29 is 14.3 Å². The van der Waals surface area contributed by atoms with Crippen LogP contribution in [0.25, 0.3) is 0 Å². The summed E-state index contributed by atoms with van der Waals surface area (Å²) in [6.07, 6.45) is 3.37. The van der Waals surface area contributed by atoms with Crippen molar-refractivity contribution in [2.75, 3.05) is 13.7 Å². The molecule has 0 fully saturated rings. The zero-order chi connectivity index (χ0) is 19.2. The molecule has 4 heteroatoms. The van der Waals surface area contributed by atoms with Crippen LogP contribution in [0.3, 0.4) is 0 Å². The van der Waals surface area contributed by atoms with Gasteiger partial charge in [-0.05, 0) is 54.7 Å². The molecule has 1 aliphatic rings. The Kier molecular flexibility index (Phi) is 6.28. The number of ketones is 1. The number of aryl methyl sites for hydroxylation is 1. The van der Waals surface area contributed by atoms with E-state index in [1.54, 1.807) is 17.0 Å². The lowest BCUT2D eigenvalue weighted by Crippen LogP contribution is -2.30. The summed E-state index contributed by atoms with van der Waals surface area (Å²) in [6.45, 7) is 2.72. The van der Waals surface area contributed by atoms with E-state index in [0.29, 0.717) is 12.2 Å². The molecule has 1 unspecified atom stereocenters. The fourth-order valence-electron chi connectivity index (χ4n) is 3.61. The van der Waals surface area contributed by atoms with Crippen LogP contribution in [-0.4, -0.2) is 30.2 Å². The summed E-state index contributed by atoms with van der Waals surface area (Å²) in [4.78, 5) is 26.8. The second kappa shape index (κ2) is 8.85. The van der Waals surface area contributed by atoms with Gasteiger partial charge in [0.05, 0.1) is 12.6 Å². The van der Waals surface area contributed by atoms with E-state index in [-0.39, 0.29) is 30.6 Å². The van der Waals surface area contributed by atoms with E-state index < -0.39 is 0 Å². The molecule has 1 aliphatic carbocycles. The Morgan fingerprint density at radius 1 is 1.07 bits per heavy atom. The number of ether oxygens (including phenoxy) is 1. The summed E-state index contributed by atoms with van der Waals surface area (Å²) >= 11 is 0. The molecular weight excluding hydrogens is 338 g/mol. The Morgan fingerprint density at radius 2 is 1.81 bits per heavy atom. The first-order chi connectivity index (χ1) is 13.1. The predicted molar refractivity (Wildman–Crippen MR) is 106 cm³/mol. The van der Waals surface area contributed by atoms with Crippen molar-refractivity contribution in [1.82, 2.24) is 4.90 Å². The van der Waals surface area contributed by atoms with Crippen molar-refractivity contribution in [3.05, 3.63) is 65.2 Å². The van der Waals surface area contributed by atoms with Crippen molar-refractivity contribution in [2.45, 2.75) is 45.1 Å². The van der Waals surface area contributed by atoms with Crippen LogP contribution < -0.4 is 4.74 Å². The normalized spacial score (nSPS) is 15.3. The van der Waals surface area contributed by atoms with E-state index in [4.69, 9.17) is 4.74 Å². The van der Waals surface area contributed by atoms with Gasteiger partial charge in [-0.25, -0.2) is 0 Å². The summed E-state index contributed by atoms with van der Waals surface area (Å²) in [5, 5.41) is 0. The van der Waals surface area contributed by atoms with Crippen LogP contribution in [0, 0.1) is 0 Å². The van der Waals surface area contributed by atoms with Gasteiger partial charge in [0.2, 0.25) is 5.91 Å². The maximum Gasteiger partial charge on any atom is 0.223 e. The van der Waals surface area contributed by atoms with Crippen LogP contribution in [0.5, 0.6) is 5.75 Å². The van der Waals surface area contributed by atoms with E-state index in [1.165, 1.54) is 11.1 Å². The van der Waals surface area contributed by atoms with Gasteiger partial charge in [0.25, 0.3) is 0 Å². The Hall–Kier alpha value is -2.62. The molecule has 0 saturated heterocycles. The van der Waals surface area contributed by atoms with Gasteiger partial charge in [-0.2, -0.15) is 0 Å². The second-order valence-corrected chi connectivity index (χ2v) is 7.05. The van der Waals surface area contributed by atoms with E-state index in [1.807, 2.05) is 31.3 Å². The van der Waals surface area contributed by atoms with E-state index in [9.17, 15) is 9.59 Å². The molecule has 0 heterocycles. The molecule has 0 bridgehead atoms.